The number of halogens is 2. The summed E-state index contributed by atoms with van der Waals surface area (Å²) in [6, 6.07) is 3.07. The molecule has 0 amide bonds. The fourth-order valence-electron chi connectivity index (χ4n) is 2.92. The van der Waals surface area contributed by atoms with Crippen LogP contribution in [-0.2, 0) is 6.54 Å². The fraction of sp³-hybridized carbons (Fsp3) is 0.667. The summed E-state index contributed by atoms with van der Waals surface area (Å²) in [5.41, 5.74) is 0. The quantitative estimate of drug-likeness (QED) is 0.892. The average Bonchev–Trinajstić information content (AvgIpc) is 2.87. The molecule has 0 saturated carbocycles. The Morgan fingerprint density at radius 1 is 1.47 bits per heavy atom. The van der Waals surface area contributed by atoms with Gasteiger partial charge < -0.3 is 5.32 Å². The Bertz CT molecular complexity index is 371. The topological polar surface area (TPSA) is 15.3 Å². The number of piperidine rings is 1. The van der Waals surface area contributed by atoms with E-state index in [1.54, 1.807) is 0 Å². The third-order valence-electron chi connectivity index (χ3n) is 3.74. The van der Waals surface area contributed by atoms with Gasteiger partial charge in [0.15, 0.2) is 0 Å². The van der Waals surface area contributed by atoms with E-state index in [0.717, 1.165) is 18.5 Å². The van der Waals surface area contributed by atoms with Crippen molar-refractivity contribution >= 4 is 39.7 Å². The van der Waals surface area contributed by atoms with Crippen LogP contribution in [0.1, 0.15) is 17.7 Å². The van der Waals surface area contributed by atoms with Gasteiger partial charge in [0.2, 0.25) is 0 Å². The molecule has 0 aliphatic carbocycles. The molecule has 1 aromatic heterocycles. The maximum absolute atomic E-state index is 3.62. The molecule has 2 unspecified atom stereocenters. The number of hydrogen-bond acceptors (Lipinski definition) is 3. The van der Waals surface area contributed by atoms with Gasteiger partial charge in [-0.25, -0.2) is 0 Å². The van der Waals surface area contributed by atoms with Gasteiger partial charge in [0.05, 0.1) is 0 Å². The first-order chi connectivity index (χ1) is 7.81. The summed E-state index contributed by atoms with van der Waals surface area (Å²) < 4.78 is 1.23. The Morgan fingerprint density at radius 3 is 3.12 bits per heavy atom. The molecule has 2 aliphatic rings. The van der Waals surface area contributed by atoms with Crippen LogP contribution < -0.4 is 5.32 Å². The Morgan fingerprint density at radius 2 is 2.35 bits per heavy atom. The zero-order chi connectivity index (χ0) is 11.0. The highest BCUT2D eigenvalue weighted by atomic mass is 79.9. The highest BCUT2D eigenvalue weighted by molar-refractivity contribution is 9.10. The molecule has 2 aliphatic heterocycles. The van der Waals surface area contributed by atoms with Crippen molar-refractivity contribution in [3.63, 3.8) is 0 Å². The lowest BCUT2D eigenvalue weighted by Gasteiger charge is -2.34. The normalized spacial score (nSPS) is 28.8. The summed E-state index contributed by atoms with van der Waals surface area (Å²) in [5.74, 6) is 0.900. The van der Waals surface area contributed by atoms with Crippen molar-refractivity contribution in [2.45, 2.75) is 25.4 Å². The van der Waals surface area contributed by atoms with Crippen LogP contribution >= 0.6 is 39.7 Å². The van der Waals surface area contributed by atoms with Crippen LogP contribution in [0, 0.1) is 5.92 Å². The number of likely N-dealkylation sites (tertiary alicyclic amines) is 1. The van der Waals surface area contributed by atoms with Crippen LogP contribution in [0.5, 0.6) is 0 Å². The molecule has 2 nitrogen and oxygen atoms in total. The highest BCUT2D eigenvalue weighted by Crippen LogP contribution is 2.27. The van der Waals surface area contributed by atoms with E-state index in [0.29, 0.717) is 0 Å². The van der Waals surface area contributed by atoms with Crippen molar-refractivity contribution in [3.05, 3.63) is 20.8 Å². The second-order valence-electron chi connectivity index (χ2n) is 4.86. The van der Waals surface area contributed by atoms with Crippen LogP contribution in [-0.4, -0.2) is 30.6 Å². The fourth-order valence-corrected chi connectivity index (χ4v) is 4.42. The number of nitrogens with zero attached hydrogens (tertiary/aromatic N) is 1. The van der Waals surface area contributed by atoms with Gasteiger partial charge in [0, 0.05) is 40.4 Å². The Kier molecular flexibility index (Phi) is 4.89. The predicted molar refractivity (Wildman–Crippen MR) is 79.1 cm³/mol. The van der Waals surface area contributed by atoms with E-state index in [2.05, 4.69) is 37.6 Å². The van der Waals surface area contributed by atoms with Gasteiger partial charge in [0.1, 0.15) is 0 Å². The maximum atomic E-state index is 3.62. The van der Waals surface area contributed by atoms with Crippen molar-refractivity contribution in [2.24, 2.45) is 5.92 Å². The van der Waals surface area contributed by atoms with E-state index in [1.165, 1.54) is 41.8 Å². The summed E-state index contributed by atoms with van der Waals surface area (Å²) in [4.78, 5) is 4.10. The van der Waals surface area contributed by atoms with Gasteiger partial charge in [-0.1, -0.05) is 0 Å². The lowest BCUT2D eigenvalue weighted by Crippen LogP contribution is -2.43. The van der Waals surface area contributed by atoms with Crippen molar-refractivity contribution in [1.82, 2.24) is 10.2 Å². The molecule has 5 heteroatoms. The molecule has 96 valence electrons. The molecule has 3 heterocycles. The minimum atomic E-state index is 0. The van der Waals surface area contributed by atoms with E-state index in [1.807, 2.05) is 11.3 Å². The lowest BCUT2D eigenvalue weighted by molar-refractivity contribution is 0.157. The number of nitrogens with one attached hydrogen (secondary N) is 1. The first-order valence-electron chi connectivity index (χ1n) is 6.00. The minimum absolute atomic E-state index is 0. The van der Waals surface area contributed by atoms with Crippen LogP contribution in [0.15, 0.2) is 15.9 Å². The Labute approximate surface area is 121 Å². The highest BCUT2D eigenvalue weighted by Gasteiger charge is 2.32. The molecule has 3 rings (SSSR count). The van der Waals surface area contributed by atoms with E-state index in [9.17, 15) is 0 Å². The third kappa shape index (κ3) is 3.24. The molecule has 2 saturated heterocycles. The monoisotopic (exact) mass is 336 g/mol. The minimum Gasteiger partial charge on any atom is -0.314 e. The second kappa shape index (κ2) is 6.02. The van der Waals surface area contributed by atoms with Gasteiger partial charge in [-0.15, -0.1) is 23.7 Å². The first kappa shape index (κ1) is 13.8. The first-order valence-corrected chi connectivity index (χ1v) is 7.67. The Hall–Kier alpha value is 0.390. The van der Waals surface area contributed by atoms with Crippen molar-refractivity contribution in [3.8, 4) is 0 Å². The second-order valence-corrected chi connectivity index (χ2v) is 6.78. The standard InChI is InChI=1S/C12H17BrN2S.ClH/c13-10-5-11(16-8-10)7-15-4-2-12-9(6-15)1-3-14-12;/h5,8-9,12,14H,1-4,6-7H2;1H. The third-order valence-corrected chi connectivity index (χ3v) is 5.42. The number of rotatable bonds is 2. The molecule has 0 radical (unpaired) electrons. The van der Waals surface area contributed by atoms with E-state index in [4.69, 9.17) is 0 Å². The van der Waals surface area contributed by atoms with Crippen LogP contribution in [0.3, 0.4) is 0 Å². The van der Waals surface area contributed by atoms with Gasteiger partial charge in [0.25, 0.3) is 0 Å². The van der Waals surface area contributed by atoms with Crippen molar-refractivity contribution < 1.29 is 0 Å². The molecule has 1 aromatic rings. The van der Waals surface area contributed by atoms with Crippen molar-refractivity contribution in [1.29, 1.82) is 0 Å². The molecule has 2 atom stereocenters. The lowest BCUT2D eigenvalue weighted by atomic mass is 9.93. The average molecular weight is 338 g/mol. The number of fused-ring (bicyclic) bond motifs is 1. The van der Waals surface area contributed by atoms with Crippen LogP contribution in [0.25, 0.3) is 0 Å². The number of hydrogen-bond donors (Lipinski definition) is 1. The zero-order valence-corrected chi connectivity index (χ0v) is 12.9. The van der Waals surface area contributed by atoms with E-state index < -0.39 is 0 Å². The van der Waals surface area contributed by atoms with Crippen LogP contribution in [0.2, 0.25) is 0 Å². The summed E-state index contributed by atoms with van der Waals surface area (Å²) >= 11 is 5.39. The smallest absolute Gasteiger partial charge is 0.0328 e. The van der Waals surface area contributed by atoms with Gasteiger partial charge in [-0.3, -0.25) is 4.90 Å². The zero-order valence-electron chi connectivity index (χ0n) is 9.69. The van der Waals surface area contributed by atoms with Crippen molar-refractivity contribution in [2.75, 3.05) is 19.6 Å². The molecule has 0 aromatic carbocycles. The van der Waals surface area contributed by atoms with Gasteiger partial charge in [-0.2, -0.15) is 0 Å². The number of thiophene rings is 1. The van der Waals surface area contributed by atoms with E-state index >= 15 is 0 Å². The van der Waals surface area contributed by atoms with Crippen LogP contribution in [0.4, 0.5) is 0 Å². The summed E-state index contributed by atoms with van der Waals surface area (Å²) in [6.45, 7) is 4.91. The van der Waals surface area contributed by atoms with E-state index in [-0.39, 0.29) is 12.4 Å². The summed E-state index contributed by atoms with van der Waals surface area (Å²) in [5, 5.41) is 5.80. The largest absolute Gasteiger partial charge is 0.314 e. The van der Waals surface area contributed by atoms with Gasteiger partial charge in [-0.05, 0) is 47.3 Å². The van der Waals surface area contributed by atoms with Gasteiger partial charge >= 0.3 is 0 Å². The molecular formula is C12H18BrClN2S. The maximum Gasteiger partial charge on any atom is 0.0328 e. The molecule has 0 bridgehead atoms. The molecule has 0 spiro atoms. The summed E-state index contributed by atoms with van der Waals surface area (Å²) in [7, 11) is 0. The Balaban J connectivity index is 0.00000108. The molecular weight excluding hydrogens is 320 g/mol. The summed E-state index contributed by atoms with van der Waals surface area (Å²) in [6.07, 6.45) is 2.70. The predicted octanol–water partition coefficient (Wildman–Crippen LogP) is 3.12. The molecule has 1 N–H and O–H groups in total. The molecule has 2 fully saturated rings. The SMILES string of the molecule is Brc1csc(CN2CCC3NCCC3C2)c1.Cl. The molecule has 17 heavy (non-hydrogen) atoms.